The Kier molecular flexibility index (Phi) is 6.71. The molecule has 0 saturated carbocycles. The molecule has 0 aliphatic heterocycles. The first-order chi connectivity index (χ1) is 13.9. The number of carbonyl (C=O) groups excluding carboxylic acids is 2. The van der Waals surface area contributed by atoms with Gasteiger partial charge in [0.05, 0.1) is 13.7 Å². The van der Waals surface area contributed by atoms with E-state index < -0.39 is 5.97 Å². The van der Waals surface area contributed by atoms with Crippen molar-refractivity contribution in [3.63, 3.8) is 0 Å². The minimum Gasteiger partial charge on any atom is -0.496 e. The zero-order chi connectivity index (χ0) is 21.0. The first-order valence-corrected chi connectivity index (χ1v) is 10.6. The van der Waals surface area contributed by atoms with Crippen LogP contribution in [-0.4, -0.2) is 25.6 Å². The highest BCUT2D eigenvalue weighted by atomic mass is 79.9. The topological polar surface area (TPSA) is 64.6 Å². The Balaban J connectivity index is 2.06. The molecule has 0 unspecified atom stereocenters. The maximum Gasteiger partial charge on any atom is 0.341 e. The molecule has 3 rings (SSSR count). The van der Waals surface area contributed by atoms with Crippen LogP contribution in [0.25, 0.3) is 11.1 Å². The molecule has 1 N–H and O–H groups in total. The number of nitrogens with one attached hydrogen (secondary N) is 1. The molecule has 0 aliphatic carbocycles. The largest absolute Gasteiger partial charge is 0.496 e. The summed E-state index contributed by atoms with van der Waals surface area (Å²) < 4.78 is 11.5. The minimum atomic E-state index is -0.489. The van der Waals surface area contributed by atoms with Crippen molar-refractivity contribution in [1.82, 2.24) is 0 Å². The average molecular weight is 474 g/mol. The summed E-state index contributed by atoms with van der Waals surface area (Å²) in [6.07, 6.45) is 0. The maximum absolute atomic E-state index is 12.8. The molecule has 1 amide bonds. The van der Waals surface area contributed by atoms with Gasteiger partial charge in [-0.15, -0.1) is 11.3 Å². The van der Waals surface area contributed by atoms with Crippen LogP contribution in [0.3, 0.4) is 0 Å². The van der Waals surface area contributed by atoms with E-state index in [4.69, 9.17) is 9.47 Å². The number of amides is 1. The van der Waals surface area contributed by atoms with Crippen LogP contribution in [0.15, 0.2) is 52.3 Å². The van der Waals surface area contributed by atoms with Crippen molar-refractivity contribution in [3.8, 4) is 16.9 Å². The van der Waals surface area contributed by atoms with Gasteiger partial charge in [0.1, 0.15) is 16.3 Å². The highest BCUT2D eigenvalue weighted by Crippen LogP contribution is 2.40. The van der Waals surface area contributed by atoms with Gasteiger partial charge in [-0.2, -0.15) is 0 Å². The van der Waals surface area contributed by atoms with E-state index in [1.807, 2.05) is 36.6 Å². The molecule has 0 atom stereocenters. The molecule has 0 fully saturated rings. The Labute approximate surface area is 181 Å². The summed E-state index contributed by atoms with van der Waals surface area (Å²) >= 11 is 4.64. The fourth-order valence-corrected chi connectivity index (χ4v) is 4.23. The number of thiophene rings is 1. The molecule has 0 saturated heterocycles. The molecule has 0 spiro atoms. The number of anilines is 1. The van der Waals surface area contributed by atoms with Crippen molar-refractivity contribution in [2.45, 2.75) is 13.8 Å². The van der Waals surface area contributed by atoms with E-state index in [0.717, 1.165) is 15.6 Å². The number of aryl methyl sites for hydroxylation is 1. The van der Waals surface area contributed by atoms with Gasteiger partial charge in [-0.05, 0) is 44.2 Å². The number of carbonyl (C=O) groups is 2. The fraction of sp³-hybridized carbons (Fsp3) is 0.182. The molecule has 0 radical (unpaired) electrons. The second-order valence-corrected chi connectivity index (χ2v) is 8.04. The Morgan fingerprint density at radius 1 is 1.14 bits per heavy atom. The Morgan fingerprint density at radius 3 is 2.62 bits per heavy atom. The van der Waals surface area contributed by atoms with E-state index in [2.05, 4.69) is 21.2 Å². The number of ether oxygens (including phenoxy) is 2. The lowest BCUT2D eigenvalue weighted by Crippen LogP contribution is -2.14. The fourth-order valence-electron chi connectivity index (χ4n) is 2.89. The summed E-state index contributed by atoms with van der Waals surface area (Å²) in [6, 6.07) is 12.8. The van der Waals surface area contributed by atoms with E-state index in [0.29, 0.717) is 27.4 Å². The first kappa shape index (κ1) is 21.1. The van der Waals surface area contributed by atoms with Crippen molar-refractivity contribution in [2.75, 3.05) is 19.0 Å². The Bertz CT molecular complexity index is 1060. The molecule has 0 aliphatic rings. The first-order valence-electron chi connectivity index (χ1n) is 8.95. The standard InChI is InChI=1S/C22H20BrNO4S/c1-4-28-22(26)19-17(16-10-13(2)8-9-18(16)27-3)12-29-21(19)24-20(25)14-6-5-7-15(23)11-14/h5-12H,4H2,1-3H3,(H,24,25). The molecule has 2 aromatic carbocycles. The van der Waals surface area contributed by atoms with Crippen molar-refractivity contribution in [1.29, 1.82) is 0 Å². The lowest BCUT2D eigenvalue weighted by Gasteiger charge is -2.12. The molecule has 5 nitrogen and oxygen atoms in total. The maximum atomic E-state index is 12.8. The highest BCUT2D eigenvalue weighted by Gasteiger charge is 2.25. The molecule has 29 heavy (non-hydrogen) atoms. The van der Waals surface area contributed by atoms with Crippen LogP contribution < -0.4 is 10.1 Å². The summed E-state index contributed by atoms with van der Waals surface area (Å²) in [7, 11) is 1.58. The van der Waals surface area contributed by atoms with Gasteiger partial charge in [-0.25, -0.2) is 4.79 Å². The van der Waals surface area contributed by atoms with E-state index >= 15 is 0 Å². The van der Waals surface area contributed by atoms with Gasteiger partial charge in [0.2, 0.25) is 0 Å². The Morgan fingerprint density at radius 2 is 1.93 bits per heavy atom. The van der Waals surface area contributed by atoms with Gasteiger partial charge < -0.3 is 14.8 Å². The molecular formula is C22H20BrNO4S. The normalized spacial score (nSPS) is 10.5. The van der Waals surface area contributed by atoms with Crippen molar-refractivity contribution in [2.24, 2.45) is 0 Å². The third-order valence-corrected chi connectivity index (χ3v) is 5.62. The minimum absolute atomic E-state index is 0.234. The van der Waals surface area contributed by atoms with Crippen molar-refractivity contribution >= 4 is 44.1 Å². The van der Waals surface area contributed by atoms with Gasteiger partial charge in [-0.1, -0.05) is 33.6 Å². The molecule has 1 heterocycles. The number of methoxy groups -OCH3 is 1. The number of hydrogen-bond acceptors (Lipinski definition) is 5. The van der Waals surface area contributed by atoms with Crippen molar-refractivity contribution < 1.29 is 19.1 Å². The molecule has 3 aromatic rings. The molecule has 7 heteroatoms. The van der Waals surface area contributed by atoms with Crippen LogP contribution in [0.2, 0.25) is 0 Å². The lowest BCUT2D eigenvalue weighted by atomic mass is 10.0. The number of esters is 1. The van der Waals surface area contributed by atoms with Crippen molar-refractivity contribution in [3.05, 3.63) is 69.0 Å². The van der Waals surface area contributed by atoms with Gasteiger partial charge in [0.15, 0.2) is 0 Å². The summed E-state index contributed by atoms with van der Waals surface area (Å²) in [4.78, 5) is 25.5. The number of rotatable bonds is 6. The van der Waals surface area contributed by atoms with E-state index in [1.165, 1.54) is 11.3 Å². The second-order valence-electron chi connectivity index (χ2n) is 6.24. The highest BCUT2D eigenvalue weighted by molar-refractivity contribution is 9.10. The molecule has 1 aromatic heterocycles. The smallest absolute Gasteiger partial charge is 0.341 e. The quantitative estimate of drug-likeness (QED) is 0.451. The monoisotopic (exact) mass is 473 g/mol. The van der Waals surface area contributed by atoms with Gasteiger partial charge in [0, 0.05) is 26.5 Å². The predicted octanol–water partition coefficient (Wildman–Crippen LogP) is 5.92. The SMILES string of the molecule is CCOC(=O)c1c(-c2cc(C)ccc2OC)csc1NC(=O)c1cccc(Br)c1. The summed E-state index contributed by atoms with van der Waals surface area (Å²) in [5.74, 6) is -0.151. The van der Waals surface area contributed by atoms with Crippen LogP contribution >= 0.6 is 27.3 Å². The third-order valence-electron chi connectivity index (χ3n) is 4.23. The molecule has 150 valence electrons. The number of hydrogen-bond donors (Lipinski definition) is 1. The zero-order valence-electron chi connectivity index (χ0n) is 16.2. The average Bonchev–Trinajstić information content (AvgIpc) is 3.11. The second kappa shape index (κ2) is 9.24. The number of benzene rings is 2. The van der Waals surface area contributed by atoms with E-state index in [9.17, 15) is 9.59 Å². The van der Waals surface area contributed by atoms with Gasteiger partial charge >= 0.3 is 5.97 Å². The summed E-state index contributed by atoms with van der Waals surface area (Å²) in [6.45, 7) is 3.95. The van der Waals surface area contributed by atoms with Gasteiger partial charge in [0.25, 0.3) is 5.91 Å². The summed E-state index contributed by atoms with van der Waals surface area (Å²) in [5, 5.41) is 5.12. The van der Waals surface area contributed by atoms with Crippen LogP contribution in [-0.2, 0) is 4.74 Å². The molecular weight excluding hydrogens is 454 g/mol. The van der Waals surface area contributed by atoms with Crippen LogP contribution in [0.5, 0.6) is 5.75 Å². The van der Waals surface area contributed by atoms with E-state index in [1.54, 1.807) is 32.2 Å². The summed E-state index contributed by atoms with van der Waals surface area (Å²) in [5.41, 5.74) is 3.27. The van der Waals surface area contributed by atoms with Crippen LogP contribution in [0.1, 0.15) is 33.2 Å². The third kappa shape index (κ3) is 4.68. The predicted molar refractivity (Wildman–Crippen MR) is 119 cm³/mol. The zero-order valence-corrected chi connectivity index (χ0v) is 18.6. The van der Waals surface area contributed by atoms with Gasteiger partial charge in [-0.3, -0.25) is 4.79 Å². The Hall–Kier alpha value is -2.64. The van der Waals surface area contributed by atoms with Crippen LogP contribution in [0.4, 0.5) is 5.00 Å². The van der Waals surface area contributed by atoms with Crippen LogP contribution in [0, 0.1) is 6.92 Å². The van der Waals surface area contributed by atoms with E-state index in [-0.39, 0.29) is 12.5 Å². The molecule has 0 bridgehead atoms. The lowest BCUT2D eigenvalue weighted by molar-refractivity contribution is 0.0529. The number of halogens is 1.